The molecule has 3 rings (SSSR count). The molecule has 0 radical (unpaired) electrons. The average molecular weight is 538 g/mol. The van der Waals surface area contributed by atoms with Gasteiger partial charge in [0, 0.05) is 25.4 Å². The minimum absolute atomic E-state index is 0.0743. The number of quaternary nitrogens is 1. The molecule has 2 aromatic carbocycles. The van der Waals surface area contributed by atoms with Crippen LogP contribution < -0.4 is 4.74 Å². The van der Waals surface area contributed by atoms with E-state index in [-0.39, 0.29) is 41.0 Å². The smallest absolute Gasteiger partial charge is 0.321 e. The molecule has 0 heterocycles. The van der Waals surface area contributed by atoms with Crippen LogP contribution in [0.3, 0.4) is 0 Å². The molecule has 1 aliphatic rings. The van der Waals surface area contributed by atoms with Gasteiger partial charge in [-0.25, -0.2) is 9.59 Å². The Morgan fingerprint density at radius 2 is 1.54 bits per heavy atom. The molecule has 210 valence electrons. The zero-order chi connectivity index (χ0) is 28.6. The molecular weight excluding hydrogens is 496 g/mol. The number of nitrogens with zero attached hydrogens (tertiary/aromatic N) is 2. The number of carboxylic acid groups (broad SMARTS) is 1. The Labute approximate surface area is 231 Å². The van der Waals surface area contributed by atoms with Gasteiger partial charge in [0.1, 0.15) is 11.5 Å². The molecule has 39 heavy (non-hydrogen) atoms. The molecular formula is C31H41N2O6+. The maximum atomic E-state index is 13.6. The summed E-state index contributed by atoms with van der Waals surface area (Å²) in [6, 6.07) is 17.1. The standard InChI is InChI=1S/C31H40N2O6/c1-5-17-32(21-23-13-15-26(16-14-23)39-25-11-9-8-10-12-25)31(38)28-18-24(27(28)20-30(36)37)19-29(35)33(6-2,7-3)22(4)34/h8-16,24,27-28H,5-7,17-21H2,1-4H3/p+1. The summed E-state index contributed by atoms with van der Waals surface area (Å²) in [5, 5.41) is 9.57. The SMILES string of the molecule is CCCN(Cc1ccc(Oc2ccccc2)cc1)C(=O)C1CC(CC(=O)[N+](CC)(CC)C(C)=O)C1CC(=O)O. The largest absolute Gasteiger partial charge is 0.481 e. The van der Waals surface area contributed by atoms with Crippen molar-refractivity contribution in [3.8, 4) is 11.5 Å². The van der Waals surface area contributed by atoms with Crippen molar-refractivity contribution >= 4 is 23.7 Å². The van der Waals surface area contributed by atoms with Gasteiger partial charge in [0.05, 0.1) is 26.4 Å². The van der Waals surface area contributed by atoms with Gasteiger partial charge in [0.2, 0.25) is 5.91 Å². The van der Waals surface area contributed by atoms with E-state index in [4.69, 9.17) is 4.74 Å². The normalized spacial score (nSPS) is 18.6. The molecule has 8 nitrogen and oxygen atoms in total. The van der Waals surface area contributed by atoms with E-state index in [0.717, 1.165) is 17.7 Å². The third-order valence-electron chi connectivity index (χ3n) is 8.08. The van der Waals surface area contributed by atoms with Gasteiger partial charge in [-0.3, -0.25) is 9.59 Å². The molecule has 3 unspecified atom stereocenters. The van der Waals surface area contributed by atoms with Crippen LogP contribution >= 0.6 is 0 Å². The van der Waals surface area contributed by atoms with Crippen molar-refractivity contribution in [2.75, 3.05) is 19.6 Å². The Kier molecular flexibility index (Phi) is 10.4. The van der Waals surface area contributed by atoms with Crippen LogP contribution in [0.15, 0.2) is 54.6 Å². The second-order valence-electron chi connectivity index (χ2n) is 10.4. The van der Waals surface area contributed by atoms with Crippen molar-refractivity contribution in [2.45, 2.75) is 59.9 Å². The average Bonchev–Trinajstić information content (AvgIpc) is 2.91. The first-order chi connectivity index (χ1) is 18.6. The summed E-state index contributed by atoms with van der Waals surface area (Å²) in [5.74, 6) is -1.12. The number of ether oxygens (including phenoxy) is 1. The van der Waals surface area contributed by atoms with Gasteiger partial charge in [-0.1, -0.05) is 37.3 Å². The number of carbonyl (C=O) groups is 4. The van der Waals surface area contributed by atoms with Gasteiger partial charge in [0.25, 0.3) is 0 Å². The predicted molar refractivity (Wildman–Crippen MR) is 148 cm³/mol. The number of benzene rings is 2. The number of carbonyl (C=O) groups excluding carboxylic acids is 3. The number of hydrogen-bond donors (Lipinski definition) is 1. The topological polar surface area (TPSA) is 101 Å². The fraction of sp³-hybridized carbons (Fsp3) is 0.484. The van der Waals surface area contributed by atoms with Crippen LogP contribution in [-0.4, -0.2) is 57.8 Å². The van der Waals surface area contributed by atoms with E-state index in [1.165, 1.54) is 6.92 Å². The summed E-state index contributed by atoms with van der Waals surface area (Å²) < 4.78 is 5.61. The second kappa shape index (κ2) is 13.5. The molecule has 1 N–H and O–H groups in total. The Balaban J connectivity index is 1.70. The lowest BCUT2D eigenvalue weighted by molar-refractivity contribution is -0.775. The highest BCUT2D eigenvalue weighted by Gasteiger charge is 2.50. The lowest BCUT2D eigenvalue weighted by Crippen LogP contribution is -2.58. The quantitative estimate of drug-likeness (QED) is 0.350. The number of aliphatic carboxylic acids is 1. The number of carboxylic acids is 1. The predicted octanol–water partition coefficient (Wildman–Crippen LogP) is 5.26. The van der Waals surface area contributed by atoms with Gasteiger partial charge in [-0.05, 0) is 68.4 Å². The molecule has 8 heteroatoms. The van der Waals surface area contributed by atoms with Crippen LogP contribution in [0, 0.1) is 17.8 Å². The molecule has 2 aromatic rings. The van der Waals surface area contributed by atoms with Crippen molar-refractivity contribution in [3.63, 3.8) is 0 Å². The maximum Gasteiger partial charge on any atom is 0.321 e. The summed E-state index contributed by atoms with van der Waals surface area (Å²) in [5.41, 5.74) is 0.951. The fourth-order valence-electron chi connectivity index (χ4n) is 5.71. The highest BCUT2D eigenvalue weighted by molar-refractivity contribution is 5.85. The fourth-order valence-corrected chi connectivity index (χ4v) is 5.71. The highest BCUT2D eigenvalue weighted by atomic mass is 16.5. The molecule has 1 aliphatic carbocycles. The van der Waals surface area contributed by atoms with E-state index in [1.807, 2.05) is 75.4 Å². The summed E-state index contributed by atoms with van der Waals surface area (Å²) in [6.45, 7) is 8.75. The highest BCUT2D eigenvalue weighted by Crippen LogP contribution is 2.46. The minimum Gasteiger partial charge on any atom is -0.481 e. The Bertz CT molecular complexity index is 1140. The molecule has 3 amide bonds. The van der Waals surface area contributed by atoms with Crippen molar-refractivity contribution in [1.82, 2.24) is 4.90 Å². The van der Waals surface area contributed by atoms with E-state index in [9.17, 15) is 24.3 Å². The molecule has 0 aliphatic heterocycles. The molecule has 1 saturated carbocycles. The number of amides is 3. The Morgan fingerprint density at radius 1 is 0.923 bits per heavy atom. The lowest BCUT2D eigenvalue weighted by Gasteiger charge is -2.45. The van der Waals surface area contributed by atoms with Crippen molar-refractivity contribution in [3.05, 3.63) is 60.2 Å². The van der Waals surface area contributed by atoms with Gasteiger partial charge in [0.15, 0.2) is 0 Å². The molecule has 0 spiro atoms. The van der Waals surface area contributed by atoms with Crippen LogP contribution in [0.5, 0.6) is 11.5 Å². The van der Waals surface area contributed by atoms with Crippen molar-refractivity contribution in [1.29, 1.82) is 0 Å². The third kappa shape index (κ3) is 7.12. The maximum absolute atomic E-state index is 13.6. The molecule has 1 fully saturated rings. The van der Waals surface area contributed by atoms with Crippen LogP contribution in [0.4, 0.5) is 0 Å². The summed E-state index contributed by atoms with van der Waals surface area (Å²) >= 11 is 0. The van der Waals surface area contributed by atoms with Gasteiger partial charge >= 0.3 is 17.8 Å². The minimum atomic E-state index is -0.982. The first-order valence-electron chi connectivity index (χ1n) is 13.9. The molecule has 0 saturated heterocycles. The van der Waals surface area contributed by atoms with E-state index < -0.39 is 17.8 Å². The number of hydrogen-bond acceptors (Lipinski definition) is 5. The lowest BCUT2D eigenvalue weighted by atomic mass is 9.61. The monoisotopic (exact) mass is 537 g/mol. The Morgan fingerprint density at radius 3 is 2.08 bits per heavy atom. The number of rotatable bonds is 13. The van der Waals surface area contributed by atoms with E-state index in [1.54, 1.807) is 4.90 Å². The summed E-state index contributed by atoms with van der Waals surface area (Å²) in [6.07, 6.45) is 1.17. The van der Waals surface area contributed by atoms with E-state index in [0.29, 0.717) is 38.3 Å². The van der Waals surface area contributed by atoms with Crippen LogP contribution in [0.2, 0.25) is 0 Å². The van der Waals surface area contributed by atoms with Gasteiger partial charge < -0.3 is 14.7 Å². The van der Waals surface area contributed by atoms with E-state index >= 15 is 0 Å². The number of para-hydroxylation sites is 1. The summed E-state index contributed by atoms with van der Waals surface area (Å²) in [7, 11) is 0. The second-order valence-corrected chi connectivity index (χ2v) is 10.4. The molecule has 3 atom stereocenters. The first kappa shape index (κ1) is 30.0. The zero-order valence-corrected chi connectivity index (χ0v) is 23.5. The van der Waals surface area contributed by atoms with Crippen LogP contribution in [0.1, 0.15) is 58.9 Å². The van der Waals surface area contributed by atoms with Crippen LogP contribution in [0.25, 0.3) is 0 Å². The first-order valence-corrected chi connectivity index (χ1v) is 13.9. The van der Waals surface area contributed by atoms with E-state index in [2.05, 4.69) is 0 Å². The summed E-state index contributed by atoms with van der Waals surface area (Å²) in [4.78, 5) is 52.6. The third-order valence-corrected chi connectivity index (χ3v) is 8.08. The number of imide groups is 1. The molecule has 0 aromatic heterocycles. The zero-order valence-electron chi connectivity index (χ0n) is 23.5. The molecule has 0 bridgehead atoms. The van der Waals surface area contributed by atoms with Crippen molar-refractivity contribution < 1.29 is 33.5 Å². The van der Waals surface area contributed by atoms with Crippen molar-refractivity contribution in [2.24, 2.45) is 17.8 Å². The van der Waals surface area contributed by atoms with Gasteiger partial charge in [-0.2, -0.15) is 4.48 Å². The Hall–Kier alpha value is -3.52. The van der Waals surface area contributed by atoms with Crippen LogP contribution in [-0.2, 0) is 25.7 Å². The van der Waals surface area contributed by atoms with Gasteiger partial charge in [-0.15, -0.1) is 0 Å².